The smallest absolute Gasteiger partial charge is 0.183 e. The molecule has 0 atom stereocenters. The van der Waals surface area contributed by atoms with Crippen LogP contribution in [0.5, 0.6) is 11.5 Å². The molecular formula is C13H8BrClN2O. The molecule has 0 radical (unpaired) electrons. The van der Waals surface area contributed by atoms with Crippen LogP contribution < -0.4 is 4.74 Å². The van der Waals surface area contributed by atoms with Crippen molar-refractivity contribution < 1.29 is 4.74 Å². The van der Waals surface area contributed by atoms with Gasteiger partial charge in [-0.2, -0.15) is 5.26 Å². The molecule has 0 bridgehead atoms. The highest BCUT2D eigenvalue weighted by Crippen LogP contribution is 2.30. The molecule has 0 aliphatic carbocycles. The Labute approximate surface area is 118 Å². The van der Waals surface area contributed by atoms with Crippen LogP contribution in [0.3, 0.4) is 0 Å². The zero-order chi connectivity index (χ0) is 13.1. The van der Waals surface area contributed by atoms with E-state index in [0.717, 1.165) is 10.0 Å². The zero-order valence-electron chi connectivity index (χ0n) is 9.45. The first-order valence-corrected chi connectivity index (χ1v) is 6.27. The first-order chi connectivity index (χ1) is 8.60. The Balaban J connectivity index is 2.43. The second-order valence-corrected chi connectivity index (χ2v) is 4.98. The van der Waals surface area contributed by atoms with E-state index < -0.39 is 0 Å². The number of halogens is 2. The fraction of sp³-hybridized carbons (Fsp3) is 0.0769. The Morgan fingerprint density at radius 2 is 2.11 bits per heavy atom. The lowest BCUT2D eigenvalue weighted by Crippen LogP contribution is -1.93. The molecule has 90 valence electrons. The molecule has 2 aromatic rings. The first-order valence-electron chi connectivity index (χ1n) is 5.10. The summed E-state index contributed by atoms with van der Waals surface area (Å²) < 4.78 is 6.44. The number of aromatic nitrogens is 1. The summed E-state index contributed by atoms with van der Waals surface area (Å²) in [5, 5.41) is 9.56. The van der Waals surface area contributed by atoms with Gasteiger partial charge in [-0.15, -0.1) is 0 Å². The van der Waals surface area contributed by atoms with Gasteiger partial charge in [0.05, 0.1) is 0 Å². The predicted octanol–water partition coefficient (Wildman–Crippen LogP) is 4.47. The maximum atomic E-state index is 8.98. The number of hydrogen-bond acceptors (Lipinski definition) is 3. The highest BCUT2D eigenvalue weighted by atomic mass is 79.9. The number of benzene rings is 1. The van der Waals surface area contributed by atoms with Crippen LogP contribution in [0.1, 0.15) is 11.3 Å². The lowest BCUT2D eigenvalue weighted by Gasteiger charge is -2.10. The Morgan fingerprint density at radius 1 is 1.33 bits per heavy atom. The topological polar surface area (TPSA) is 45.9 Å². The number of ether oxygens (including phenoxy) is 1. The number of rotatable bonds is 2. The maximum Gasteiger partial charge on any atom is 0.183 e. The van der Waals surface area contributed by atoms with E-state index in [1.807, 2.05) is 19.1 Å². The van der Waals surface area contributed by atoms with Crippen molar-refractivity contribution in [2.45, 2.75) is 6.92 Å². The molecule has 0 aliphatic heterocycles. The van der Waals surface area contributed by atoms with Gasteiger partial charge in [-0.3, -0.25) is 0 Å². The lowest BCUT2D eigenvalue weighted by molar-refractivity contribution is 0.474. The Kier molecular flexibility index (Phi) is 3.85. The van der Waals surface area contributed by atoms with Crippen molar-refractivity contribution in [1.82, 2.24) is 4.98 Å². The van der Waals surface area contributed by atoms with Crippen LogP contribution in [0.25, 0.3) is 0 Å². The minimum atomic E-state index is 0.234. The Bertz CT molecular complexity index is 637. The van der Waals surface area contributed by atoms with Gasteiger partial charge in [0.2, 0.25) is 0 Å². The molecule has 1 aromatic heterocycles. The van der Waals surface area contributed by atoms with E-state index in [1.54, 1.807) is 24.4 Å². The third-order valence-electron chi connectivity index (χ3n) is 2.30. The van der Waals surface area contributed by atoms with Crippen LogP contribution in [0, 0.1) is 18.3 Å². The molecule has 0 saturated carbocycles. The first kappa shape index (κ1) is 12.9. The summed E-state index contributed by atoms with van der Waals surface area (Å²) in [5.74, 6) is 1.01. The highest BCUT2D eigenvalue weighted by Gasteiger charge is 2.09. The fourth-order valence-electron chi connectivity index (χ4n) is 1.38. The lowest BCUT2D eigenvalue weighted by atomic mass is 10.2. The third-order valence-corrected chi connectivity index (χ3v) is 2.96. The molecule has 0 spiro atoms. The molecule has 2 rings (SSSR count). The van der Waals surface area contributed by atoms with Gasteiger partial charge in [-0.1, -0.05) is 17.7 Å². The summed E-state index contributed by atoms with van der Waals surface area (Å²) in [7, 11) is 0. The number of hydrogen-bond donors (Lipinski definition) is 0. The van der Waals surface area contributed by atoms with Crippen LogP contribution in [-0.2, 0) is 0 Å². The molecule has 5 heteroatoms. The van der Waals surface area contributed by atoms with E-state index in [4.69, 9.17) is 21.6 Å². The van der Waals surface area contributed by atoms with Gasteiger partial charge < -0.3 is 4.74 Å². The maximum absolute atomic E-state index is 8.98. The molecule has 1 heterocycles. The van der Waals surface area contributed by atoms with Gasteiger partial charge in [0.25, 0.3) is 0 Å². The number of aryl methyl sites for hydroxylation is 1. The average molecular weight is 324 g/mol. The monoisotopic (exact) mass is 322 g/mol. The molecule has 0 saturated heterocycles. The van der Waals surface area contributed by atoms with Crippen molar-refractivity contribution in [3.8, 4) is 17.6 Å². The second-order valence-electron chi connectivity index (χ2n) is 3.62. The van der Waals surface area contributed by atoms with Crippen molar-refractivity contribution in [2.75, 3.05) is 0 Å². The summed E-state index contributed by atoms with van der Waals surface area (Å²) >= 11 is 9.21. The van der Waals surface area contributed by atoms with Crippen LogP contribution in [0.4, 0.5) is 0 Å². The average Bonchev–Trinajstić information content (AvgIpc) is 2.34. The number of nitriles is 1. The van der Waals surface area contributed by atoms with E-state index in [9.17, 15) is 0 Å². The largest absolute Gasteiger partial charge is 0.454 e. The van der Waals surface area contributed by atoms with Gasteiger partial charge >= 0.3 is 0 Å². The molecule has 18 heavy (non-hydrogen) atoms. The summed E-state index contributed by atoms with van der Waals surface area (Å²) in [4.78, 5) is 3.98. The molecule has 1 aromatic carbocycles. The van der Waals surface area contributed by atoms with Crippen molar-refractivity contribution in [1.29, 1.82) is 5.26 Å². The fourth-order valence-corrected chi connectivity index (χ4v) is 1.86. The van der Waals surface area contributed by atoms with Gasteiger partial charge in [0, 0.05) is 15.7 Å². The van der Waals surface area contributed by atoms with Gasteiger partial charge in [-0.25, -0.2) is 4.98 Å². The molecule has 3 nitrogen and oxygen atoms in total. The standard InChI is InChI=1S/C13H8BrClN2O/c1-8-2-3-10(15)5-12(8)18-13-4-9(14)7-17-11(13)6-16/h2-5,7H,1H3. The number of pyridine rings is 1. The van der Waals surface area contributed by atoms with Gasteiger partial charge in [0.1, 0.15) is 11.8 Å². The quantitative estimate of drug-likeness (QED) is 0.819. The summed E-state index contributed by atoms with van der Waals surface area (Å²) in [6.07, 6.45) is 1.55. The molecular weight excluding hydrogens is 316 g/mol. The van der Waals surface area contributed by atoms with Crippen molar-refractivity contribution in [3.05, 3.63) is 51.2 Å². The summed E-state index contributed by atoms with van der Waals surface area (Å²) in [6.45, 7) is 1.91. The predicted molar refractivity (Wildman–Crippen MR) is 72.9 cm³/mol. The second kappa shape index (κ2) is 5.38. The van der Waals surface area contributed by atoms with Crippen LogP contribution in [-0.4, -0.2) is 4.98 Å². The minimum absolute atomic E-state index is 0.234. The molecule has 0 amide bonds. The normalized spacial score (nSPS) is 9.89. The van der Waals surface area contributed by atoms with Crippen molar-refractivity contribution in [3.63, 3.8) is 0 Å². The van der Waals surface area contributed by atoms with E-state index in [1.165, 1.54) is 0 Å². The van der Waals surface area contributed by atoms with Gasteiger partial charge in [-0.05, 0) is 46.6 Å². The minimum Gasteiger partial charge on any atom is -0.454 e. The molecule has 0 aliphatic rings. The Hall–Kier alpha value is -1.57. The molecule has 0 fully saturated rings. The number of nitrogens with zero attached hydrogens (tertiary/aromatic N) is 2. The van der Waals surface area contributed by atoms with Crippen molar-refractivity contribution >= 4 is 27.5 Å². The Morgan fingerprint density at radius 3 is 2.83 bits per heavy atom. The SMILES string of the molecule is Cc1ccc(Cl)cc1Oc1cc(Br)cnc1C#N. The van der Waals surface area contributed by atoms with E-state index >= 15 is 0 Å². The molecule has 0 unspecified atom stereocenters. The van der Waals surface area contributed by atoms with Crippen LogP contribution >= 0.6 is 27.5 Å². The van der Waals surface area contributed by atoms with Crippen LogP contribution in [0.15, 0.2) is 34.9 Å². The summed E-state index contributed by atoms with van der Waals surface area (Å²) in [6, 6.07) is 9.04. The van der Waals surface area contributed by atoms with E-state index in [2.05, 4.69) is 20.9 Å². The van der Waals surface area contributed by atoms with Crippen molar-refractivity contribution in [2.24, 2.45) is 0 Å². The summed E-state index contributed by atoms with van der Waals surface area (Å²) in [5.41, 5.74) is 1.17. The van der Waals surface area contributed by atoms with E-state index in [0.29, 0.717) is 16.5 Å². The van der Waals surface area contributed by atoms with Gasteiger partial charge in [0.15, 0.2) is 11.4 Å². The van der Waals surface area contributed by atoms with E-state index in [-0.39, 0.29) is 5.69 Å². The zero-order valence-corrected chi connectivity index (χ0v) is 11.8. The van der Waals surface area contributed by atoms with Crippen LogP contribution in [0.2, 0.25) is 5.02 Å². The third kappa shape index (κ3) is 2.81. The highest BCUT2D eigenvalue weighted by molar-refractivity contribution is 9.10. The molecule has 0 N–H and O–H groups in total.